The Balaban J connectivity index is 1.62. The number of hydrogen-bond donors (Lipinski definition) is 0. The van der Waals surface area contributed by atoms with Crippen molar-refractivity contribution in [2.45, 2.75) is 39.3 Å². The van der Waals surface area contributed by atoms with E-state index in [2.05, 4.69) is 33.9 Å². The molecular weight excluding hydrogens is 316 g/mol. The fourth-order valence-corrected chi connectivity index (χ4v) is 3.07. The first-order chi connectivity index (χ1) is 11.8. The lowest BCUT2D eigenvalue weighted by Gasteiger charge is -2.38. The number of hydrogen-bond acceptors (Lipinski definition) is 5. The smallest absolute Gasteiger partial charge is 0.410 e. The molecule has 6 heteroatoms. The highest BCUT2D eigenvalue weighted by Gasteiger charge is 2.28. The van der Waals surface area contributed by atoms with Crippen LogP contribution in [-0.4, -0.2) is 57.6 Å². The van der Waals surface area contributed by atoms with E-state index in [1.54, 1.807) is 17.3 Å². The maximum Gasteiger partial charge on any atom is 0.410 e. The Morgan fingerprint density at radius 3 is 2.36 bits per heavy atom. The highest BCUT2D eigenvalue weighted by atomic mass is 16.6. The van der Waals surface area contributed by atoms with Crippen LogP contribution in [0.2, 0.25) is 0 Å². The molecule has 1 aliphatic rings. The SMILES string of the molecule is CC(c1ccc2nccnc2c1)N1CCN(C(=O)OC(C)(C)C)CC1. The zero-order valence-electron chi connectivity index (χ0n) is 15.4. The molecule has 2 heterocycles. The Kier molecular flexibility index (Phi) is 4.90. The fraction of sp³-hybridized carbons (Fsp3) is 0.526. The number of benzene rings is 1. The number of rotatable bonds is 2. The Morgan fingerprint density at radius 2 is 1.72 bits per heavy atom. The number of amides is 1. The van der Waals surface area contributed by atoms with Gasteiger partial charge in [0, 0.05) is 44.6 Å². The van der Waals surface area contributed by atoms with Crippen LogP contribution < -0.4 is 0 Å². The van der Waals surface area contributed by atoms with Gasteiger partial charge in [-0.25, -0.2) is 4.79 Å². The molecule has 1 aromatic carbocycles. The third kappa shape index (κ3) is 4.25. The quantitative estimate of drug-likeness (QED) is 0.838. The van der Waals surface area contributed by atoms with Crippen LogP contribution in [0.1, 0.15) is 39.3 Å². The summed E-state index contributed by atoms with van der Waals surface area (Å²) < 4.78 is 5.46. The minimum Gasteiger partial charge on any atom is -0.444 e. The third-order valence-electron chi connectivity index (χ3n) is 4.49. The minimum absolute atomic E-state index is 0.221. The molecule has 25 heavy (non-hydrogen) atoms. The van der Waals surface area contributed by atoms with Gasteiger partial charge >= 0.3 is 6.09 Å². The van der Waals surface area contributed by atoms with E-state index in [0.717, 1.165) is 24.1 Å². The average molecular weight is 342 g/mol. The van der Waals surface area contributed by atoms with Crippen molar-refractivity contribution in [3.8, 4) is 0 Å². The molecule has 134 valence electrons. The molecule has 0 spiro atoms. The summed E-state index contributed by atoms with van der Waals surface area (Å²) in [5.74, 6) is 0. The summed E-state index contributed by atoms with van der Waals surface area (Å²) in [6.07, 6.45) is 3.21. The van der Waals surface area contributed by atoms with E-state index in [0.29, 0.717) is 13.1 Å². The van der Waals surface area contributed by atoms with Crippen LogP contribution in [0.3, 0.4) is 0 Å². The first kappa shape index (κ1) is 17.6. The van der Waals surface area contributed by atoms with Gasteiger partial charge in [-0.05, 0) is 45.4 Å². The van der Waals surface area contributed by atoms with Gasteiger partial charge in [0.25, 0.3) is 0 Å². The molecule has 1 amide bonds. The summed E-state index contributed by atoms with van der Waals surface area (Å²) in [4.78, 5) is 25.1. The molecule has 1 aliphatic heterocycles. The van der Waals surface area contributed by atoms with E-state index in [9.17, 15) is 4.79 Å². The second-order valence-electron chi connectivity index (χ2n) is 7.48. The monoisotopic (exact) mass is 342 g/mol. The fourth-order valence-electron chi connectivity index (χ4n) is 3.07. The topological polar surface area (TPSA) is 58.6 Å². The summed E-state index contributed by atoms with van der Waals surface area (Å²) in [6, 6.07) is 6.51. The van der Waals surface area contributed by atoms with E-state index in [4.69, 9.17) is 4.74 Å². The lowest BCUT2D eigenvalue weighted by molar-refractivity contribution is 0.0110. The van der Waals surface area contributed by atoms with E-state index in [-0.39, 0.29) is 12.1 Å². The van der Waals surface area contributed by atoms with Gasteiger partial charge in [0.05, 0.1) is 11.0 Å². The lowest BCUT2D eigenvalue weighted by Crippen LogP contribution is -2.50. The van der Waals surface area contributed by atoms with Crippen LogP contribution in [0.4, 0.5) is 4.79 Å². The molecule has 2 aromatic rings. The van der Waals surface area contributed by atoms with Gasteiger partial charge in [0.15, 0.2) is 0 Å². The molecular formula is C19H26N4O2. The summed E-state index contributed by atoms with van der Waals surface area (Å²) in [5.41, 5.74) is 2.60. The number of nitrogens with zero attached hydrogens (tertiary/aromatic N) is 4. The van der Waals surface area contributed by atoms with Crippen molar-refractivity contribution in [3.05, 3.63) is 36.2 Å². The standard InChI is InChI=1S/C19H26N4O2/c1-14(15-5-6-16-17(13-15)21-8-7-20-16)22-9-11-23(12-10-22)18(24)25-19(2,3)4/h5-8,13-14H,9-12H2,1-4H3. The highest BCUT2D eigenvalue weighted by Crippen LogP contribution is 2.24. The first-order valence-electron chi connectivity index (χ1n) is 8.76. The second kappa shape index (κ2) is 6.96. The van der Waals surface area contributed by atoms with Gasteiger partial charge in [-0.1, -0.05) is 6.07 Å². The molecule has 1 fully saturated rings. The first-order valence-corrected chi connectivity index (χ1v) is 8.76. The average Bonchev–Trinajstić information content (AvgIpc) is 2.59. The van der Waals surface area contributed by atoms with E-state index >= 15 is 0 Å². The zero-order chi connectivity index (χ0) is 18.0. The van der Waals surface area contributed by atoms with Gasteiger partial charge in [-0.3, -0.25) is 14.9 Å². The van der Waals surface area contributed by atoms with Crippen LogP contribution in [0.25, 0.3) is 11.0 Å². The van der Waals surface area contributed by atoms with Crippen LogP contribution in [0.5, 0.6) is 0 Å². The summed E-state index contributed by atoms with van der Waals surface area (Å²) in [7, 11) is 0. The zero-order valence-corrected chi connectivity index (χ0v) is 15.4. The Morgan fingerprint density at radius 1 is 1.08 bits per heavy atom. The lowest BCUT2D eigenvalue weighted by atomic mass is 10.1. The molecule has 1 atom stereocenters. The van der Waals surface area contributed by atoms with Crippen LogP contribution >= 0.6 is 0 Å². The van der Waals surface area contributed by atoms with E-state index in [1.165, 1.54) is 5.56 Å². The molecule has 1 unspecified atom stereocenters. The summed E-state index contributed by atoms with van der Waals surface area (Å²) in [6.45, 7) is 10.9. The van der Waals surface area contributed by atoms with Crippen molar-refractivity contribution in [2.75, 3.05) is 26.2 Å². The molecule has 3 rings (SSSR count). The van der Waals surface area contributed by atoms with Crippen molar-refractivity contribution in [2.24, 2.45) is 0 Å². The third-order valence-corrected chi connectivity index (χ3v) is 4.49. The normalized spacial score (nSPS) is 17.5. The van der Waals surface area contributed by atoms with Crippen molar-refractivity contribution in [3.63, 3.8) is 0 Å². The van der Waals surface area contributed by atoms with Crippen molar-refractivity contribution >= 4 is 17.1 Å². The Hall–Kier alpha value is -2.21. The number of carbonyl (C=O) groups excluding carboxylic acids is 1. The number of carbonyl (C=O) groups is 1. The number of piperazine rings is 1. The van der Waals surface area contributed by atoms with Crippen molar-refractivity contribution in [1.82, 2.24) is 19.8 Å². The van der Waals surface area contributed by atoms with Crippen LogP contribution in [0, 0.1) is 0 Å². The van der Waals surface area contributed by atoms with Gasteiger partial charge in [-0.15, -0.1) is 0 Å². The second-order valence-corrected chi connectivity index (χ2v) is 7.48. The molecule has 0 bridgehead atoms. The molecule has 0 radical (unpaired) electrons. The molecule has 0 N–H and O–H groups in total. The predicted octanol–water partition coefficient (Wildman–Crippen LogP) is 3.24. The largest absolute Gasteiger partial charge is 0.444 e. The van der Waals surface area contributed by atoms with E-state index < -0.39 is 5.60 Å². The Labute approximate surface area is 148 Å². The van der Waals surface area contributed by atoms with Gasteiger partial charge in [0.2, 0.25) is 0 Å². The maximum atomic E-state index is 12.2. The summed E-state index contributed by atoms with van der Waals surface area (Å²) >= 11 is 0. The number of ether oxygens (including phenoxy) is 1. The molecule has 1 aromatic heterocycles. The van der Waals surface area contributed by atoms with Crippen molar-refractivity contribution in [1.29, 1.82) is 0 Å². The van der Waals surface area contributed by atoms with Crippen molar-refractivity contribution < 1.29 is 9.53 Å². The molecule has 1 saturated heterocycles. The maximum absolute atomic E-state index is 12.2. The molecule has 0 saturated carbocycles. The van der Waals surface area contributed by atoms with Gasteiger partial charge < -0.3 is 9.64 Å². The molecule has 6 nitrogen and oxygen atoms in total. The number of fused-ring (bicyclic) bond motifs is 1. The number of aromatic nitrogens is 2. The Bertz CT molecular complexity index is 748. The predicted molar refractivity (Wildman–Crippen MR) is 97.3 cm³/mol. The minimum atomic E-state index is -0.451. The van der Waals surface area contributed by atoms with Crippen LogP contribution in [-0.2, 0) is 4.74 Å². The summed E-state index contributed by atoms with van der Waals surface area (Å²) in [5, 5.41) is 0. The van der Waals surface area contributed by atoms with E-state index in [1.807, 2.05) is 26.8 Å². The van der Waals surface area contributed by atoms with Gasteiger partial charge in [0.1, 0.15) is 5.60 Å². The van der Waals surface area contributed by atoms with Gasteiger partial charge in [-0.2, -0.15) is 0 Å². The van der Waals surface area contributed by atoms with Crippen LogP contribution in [0.15, 0.2) is 30.6 Å². The highest BCUT2D eigenvalue weighted by molar-refractivity contribution is 5.74. The molecule has 0 aliphatic carbocycles.